The normalized spacial score (nSPS) is 10.8. The Labute approximate surface area is 132 Å². The van der Waals surface area contributed by atoms with Gasteiger partial charge >= 0.3 is 0 Å². The van der Waals surface area contributed by atoms with Crippen molar-refractivity contribution in [3.63, 3.8) is 0 Å². The average molecular weight is 369 g/mol. The maximum Gasteiger partial charge on any atom is 0.188 e. The molecule has 5 nitrogen and oxygen atoms in total. The first-order valence-corrected chi connectivity index (χ1v) is 7.02. The summed E-state index contributed by atoms with van der Waals surface area (Å²) in [6.45, 7) is 0. The van der Waals surface area contributed by atoms with Crippen molar-refractivity contribution in [2.24, 2.45) is 0 Å². The molecule has 0 unspecified atom stereocenters. The van der Waals surface area contributed by atoms with Crippen LogP contribution in [0.4, 0.5) is 10.1 Å². The Hall–Kier alpha value is -1.99. The lowest BCUT2D eigenvalue weighted by atomic mass is 10.2. The van der Waals surface area contributed by atoms with Gasteiger partial charge in [0.2, 0.25) is 0 Å². The van der Waals surface area contributed by atoms with E-state index in [0.29, 0.717) is 22.8 Å². The number of tetrazole rings is 1. The van der Waals surface area contributed by atoms with Gasteiger partial charge in [-0.2, -0.15) is 4.68 Å². The summed E-state index contributed by atoms with van der Waals surface area (Å²) in [5.41, 5.74) is 7.48. The molecule has 2 aromatic carbocycles. The van der Waals surface area contributed by atoms with Crippen LogP contribution >= 0.6 is 27.5 Å². The van der Waals surface area contributed by atoms with Crippen molar-refractivity contribution in [3.05, 3.63) is 51.7 Å². The predicted octanol–water partition coefficient (Wildman–Crippen LogP) is 3.47. The molecule has 106 valence electrons. The minimum atomic E-state index is -0.467. The second-order valence-corrected chi connectivity index (χ2v) is 5.57. The monoisotopic (exact) mass is 367 g/mol. The molecule has 3 aromatic rings. The van der Waals surface area contributed by atoms with Gasteiger partial charge in [0.05, 0.1) is 5.69 Å². The third-order valence-corrected chi connectivity index (χ3v) is 3.70. The molecule has 8 heteroatoms. The van der Waals surface area contributed by atoms with Crippen LogP contribution in [0.3, 0.4) is 0 Å². The molecule has 0 fully saturated rings. The zero-order valence-corrected chi connectivity index (χ0v) is 12.8. The van der Waals surface area contributed by atoms with E-state index in [1.54, 1.807) is 24.3 Å². The number of anilines is 1. The summed E-state index contributed by atoms with van der Waals surface area (Å²) >= 11 is 9.29. The number of hydrogen-bond acceptors (Lipinski definition) is 4. The second-order valence-electron chi connectivity index (χ2n) is 4.28. The number of aromatic nitrogens is 4. The van der Waals surface area contributed by atoms with E-state index in [0.717, 1.165) is 4.47 Å². The highest BCUT2D eigenvalue weighted by molar-refractivity contribution is 9.10. The number of hydrogen-bond donors (Lipinski definition) is 1. The lowest BCUT2D eigenvalue weighted by Gasteiger charge is -2.07. The molecule has 2 N–H and O–H groups in total. The molecule has 3 rings (SSSR count). The number of halogens is 3. The molecule has 0 saturated carbocycles. The molecular weight excluding hydrogens is 361 g/mol. The van der Waals surface area contributed by atoms with E-state index in [1.807, 2.05) is 0 Å². The Kier molecular flexibility index (Phi) is 3.60. The number of rotatable bonds is 2. The number of nitrogen functional groups attached to an aromatic ring is 1. The Morgan fingerprint density at radius 1 is 1.19 bits per heavy atom. The first kappa shape index (κ1) is 14.0. The van der Waals surface area contributed by atoms with E-state index in [4.69, 9.17) is 17.3 Å². The Balaban J connectivity index is 2.19. The predicted molar refractivity (Wildman–Crippen MR) is 81.7 cm³/mol. The highest BCUT2D eigenvalue weighted by Gasteiger charge is 2.15. The quantitative estimate of drug-likeness (QED) is 0.703. The van der Waals surface area contributed by atoms with E-state index in [9.17, 15) is 4.39 Å². The number of benzene rings is 2. The van der Waals surface area contributed by atoms with Crippen molar-refractivity contribution in [1.82, 2.24) is 20.2 Å². The summed E-state index contributed by atoms with van der Waals surface area (Å²) in [7, 11) is 0. The number of nitrogens with two attached hydrogens (primary N) is 1. The van der Waals surface area contributed by atoms with Crippen LogP contribution < -0.4 is 5.73 Å². The zero-order valence-electron chi connectivity index (χ0n) is 10.5. The van der Waals surface area contributed by atoms with Gasteiger partial charge < -0.3 is 5.73 Å². The van der Waals surface area contributed by atoms with Crippen LogP contribution in [0.15, 0.2) is 40.9 Å². The van der Waals surface area contributed by atoms with Gasteiger partial charge in [-0.3, -0.25) is 0 Å². The fraction of sp³-hybridized carbons (Fsp3) is 0. The fourth-order valence-corrected chi connectivity index (χ4v) is 2.54. The molecule has 0 aliphatic rings. The molecule has 0 radical (unpaired) electrons. The molecule has 0 saturated heterocycles. The lowest BCUT2D eigenvalue weighted by molar-refractivity contribution is 0.625. The molecule has 0 bridgehead atoms. The molecular formula is C13H8BrClFN5. The van der Waals surface area contributed by atoms with Crippen molar-refractivity contribution in [2.45, 2.75) is 0 Å². The van der Waals surface area contributed by atoms with Gasteiger partial charge in [0.15, 0.2) is 5.82 Å². The molecule has 0 atom stereocenters. The standard InChI is InChI=1S/C13H8BrClFN5/c14-12-2-1-9(17)6-11(12)13-18-19-20-21(13)10-4-7(15)3-8(16)5-10/h1-6H,17H2. The van der Waals surface area contributed by atoms with Gasteiger partial charge in [0, 0.05) is 20.7 Å². The summed E-state index contributed by atoms with van der Waals surface area (Å²) in [5.74, 6) is -0.0403. The van der Waals surface area contributed by atoms with Gasteiger partial charge in [-0.1, -0.05) is 27.5 Å². The minimum Gasteiger partial charge on any atom is -0.399 e. The maximum absolute atomic E-state index is 13.5. The van der Waals surface area contributed by atoms with E-state index in [1.165, 1.54) is 16.8 Å². The van der Waals surface area contributed by atoms with Crippen molar-refractivity contribution in [2.75, 3.05) is 5.73 Å². The van der Waals surface area contributed by atoms with Crippen molar-refractivity contribution in [3.8, 4) is 17.1 Å². The molecule has 0 aliphatic heterocycles. The van der Waals surface area contributed by atoms with Gasteiger partial charge in [0.1, 0.15) is 5.82 Å². The molecule has 0 aliphatic carbocycles. The summed E-state index contributed by atoms with van der Waals surface area (Å²) in [6.07, 6.45) is 0. The topological polar surface area (TPSA) is 69.6 Å². The molecule has 0 amide bonds. The first-order valence-electron chi connectivity index (χ1n) is 5.85. The Morgan fingerprint density at radius 3 is 2.76 bits per heavy atom. The van der Waals surface area contributed by atoms with Crippen molar-refractivity contribution < 1.29 is 4.39 Å². The van der Waals surface area contributed by atoms with Crippen LogP contribution in [0.2, 0.25) is 5.02 Å². The van der Waals surface area contributed by atoms with Crippen LogP contribution in [0.25, 0.3) is 17.1 Å². The molecule has 1 aromatic heterocycles. The Bertz CT molecular complexity index is 800. The van der Waals surface area contributed by atoms with E-state index >= 15 is 0 Å². The average Bonchev–Trinajstić information content (AvgIpc) is 2.89. The minimum absolute atomic E-state index is 0.262. The van der Waals surface area contributed by atoms with Crippen LogP contribution in [0.1, 0.15) is 0 Å². The highest BCUT2D eigenvalue weighted by atomic mass is 79.9. The summed E-state index contributed by atoms with van der Waals surface area (Å²) in [6, 6.07) is 9.36. The molecule has 0 spiro atoms. The third kappa shape index (κ3) is 2.74. The lowest BCUT2D eigenvalue weighted by Crippen LogP contribution is -2.01. The fourth-order valence-electron chi connectivity index (χ4n) is 1.90. The van der Waals surface area contributed by atoms with Crippen molar-refractivity contribution in [1.29, 1.82) is 0 Å². The molecule has 21 heavy (non-hydrogen) atoms. The van der Waals surface area contributed by atoms with Crippen molar-refractivity contribution >= 4 is 33.2 Å². The van der Waals surface area contributed by atoms with Gasteiger partial charge in [0.25, 0.3) is 0 Å². The van der Waals surface area contributed by atoms with Crippen LogP contribution in [0, 0.1) is 5.82 Å². The van der Waals surface area contributed by atoms with Crippen LogP contribution in [-0.4, -0.2) is 20.2 Å². The molecule has 1 heterocycles. The summed E-state index contributed by atoms with van der Waals surface area (Å²) < 4.78 is 15.7. The summed E-state index contributed by atoms with van der Waals surface area (Å²) in [5, 5.41) is 11.8. The second kappa shape index (κ2) is 5.42. The van der Waals surface area contributed by atoms with Gasteiger partial charge in [-0.05, 0) is 46.8 Å². The summed E-state index contributed by atoms with van der Waals surface area (Å²) in [4.78, 5) is 0. The van der Waals surface area contributed by atoms with Crippen LogP contribution in [0.5, 0.6) is 0 Å². The Morgan fingerprint density at radius 2 is 2.00 bits per heavy atom. The van der Waals surface area contributed by atoms with E-state index in [-0.39, 0.29) is 5.02 Å². The van der Waals surface area contributed by atoms with Gasteiger partial charge in [-0.25, -0.2) is 4.39 Å². The van der Waals surface area contributed by atoms with Gasteiger partial charge in [-0.15, -0.1) is 5.10 Å². The maximum atomic E-state index is 13.5. The largest absolute Gasteiger partial charge is 0.399 e. The highest BCUT2D eigenvalue weighted by Crippen LogP contribution is 2.30. The van der Waals surface area contributed by atoms with E-state index < -0.39 is 5.82 Å². The SMILES string of the molecule is Nc1ccc(Br)c(-c2nnnn2-c2cc(F)cc(Cl)c2)c1. The first-order chi connectivity index (χ1) is 10.0. The van der Waals surface area contributed by atoms with Crippen LogP contribution in [-0.2, 0) is 0 Å². The number of nitrogens with zero attached hydrogens (tertiary/aromatic N) is 4. The smallest absolute Gasteiger partial charge is 0.188 e. The zero-order chi connectivity index (χ0) is 15.0. The third-order valence-electron chi connectivity index (χ3n) is 2.79. The van der Waals surface area contributed by atoms with E-state index in [2.05, 4.69) is 31.5 Å².